The molecular weight excluding hydrogens is 382 g/mol. The summed E-state index contributed by atoms with van der Waals surface area (Å²) in [6.07, 6.45) is -5.67. The molecule has 1 heterocycles. The maximum absolute atomic E-state index is 10.6. The Kier molecular flexibility index (Phi) is 8.73. The van der Waals surface area contributed by atoms with Crippen LogP contribution < -0.4 is 0 Å². The third-order valence-corrected chi connectivity index (χ3v) is 4.58. The van der Waals surface area contributed by atoms with Crippen molar-refractivity contribution in [2.24, 2.45) is 5.16 Å². The molecule has 0 unspecified atom stereocenters. The van der Waals surface area contributed by atoms with Crippen molar-refractivity contribution in [3.05, 3.63) is 12.7 Å². The molecule has 0 amide bonds. The second-order valence-corrected chi connectivity index (χ2v) is 7.36. The summed E-state index contributed by atoms with van der Waals surface area (Å²) < 4.78 is 39.0. The van der Waals surface area contributed by atoms with Crippen LogP contribution in [-0.2, 0) is 19.4 Å². The lowest BCUT2D eigenvalue weighted by molar-refractivity contribution is -0.205. The zero-order chi connectivity index (χ0) is 19.2. The summed E-state index contributed by atoms with van der Waals surface area (Å²) in [5.74, 6) is 0. The number of oxime groups is 1. The molecule has 6 N–H and O–H groups in total. The maximum atomic E-state index is 10.6. The SMILES string of the molecule is C=CC[C@H](O)C/C(=N\OS(=O)(=O)O)S[C@@H]1O[C@H](CO)[C@@H](O)[C@H](O)[C@H]1O. The Morgan fingerprint density at radius 2 is 1.96 bits per heavy atom. The van der Waals surface area contributed by atoms with E-state index in [9.17, 15) is 28.8 Å². The van der Waals surface area contributed by atoms with Crippen LogP contribution in [-0.4, -0.2) is 86.1 Å². The van der Waals surface area contributed by atoms with Gasteiger partial charge in [-0.15, -0.1) is 6.58 Å². The lowest BCUT2D eigenvalue weighted by Gasteiger charge is -2.39. The van der Waals surface area contributed by atoms with Crippen molar-refractivity contribution < 1.29 is 47.5 Å². The molecule has 0 aromatic carbocycles. The summed E-state index contributed by atoms with van der Waals surface area (Å²) in [5.41, 5.74) is -1.25. The van der Waals surface area contributed by atoms with E-state index >= 15 is 0 Å². The molecule has 25 heavy (non-hydrogen) atoms. The highest BCUT2D eigenvalue weighted by molar-refractivity contribution is 8.14. The second-order valence-electron chi connectivity index (χ2n) is 5.18. The number of aliphatic hydroxyl groups excluding tert-OH is 5. The van der Waals surface area contributed by atoms with Crippen LogP contribution in [0.25, 0.3) is 0 Å². The number of aliphatic hydroxyl groups is 5. The van der Waals surface area contributed by atoms with E-state index in [1.807, 2.05) is 0 Å². The minimum Gasteiger partial charge on any atom is -0.394 e. The van der Waals surface area contributed by atoms with Crippen LogP contribution in [0.5, 0.6) is 0 Å². The monoisotopic (exact) mass is 403 g/mol. The van der Waals surface area contributed by atoms with Gasteiger partial charge in [-0.05, 0) is 6.42 Å². The van der Waals surface area contributed by atoms with Gasteiger partial charge in [0.1, 0.15) is 34.9 Å². The molecule has 1 saturated heterocycles. The lowest BCUT2D eigenvalue weighted by atomic mass is 10.0. The van der Waals surface area contributed by atoms with Gasteiger partial charge in [0.15, 0.2) is 0 Å². The Labute approximate surface area is 148 Å². The molecule has 1 aliphatic heterocycles. The summed E-state index contributed by atoms with van der Waals surface area (Å²) in [5, 5.41) is 51.3. The Bertz CT molecular complexity index is 566. The quantitative estimate of drug-likeness (QED) is 0.0863. The number of hydrogen-bond donors (Lipinski definition) is 6. The van der Waals surface area contributed by atoms with Crippen molar-refractivity contribution in [2.45, 2.75) is 48.8 Å². The number of hydrogen-bond acceptors (Lipinski definition) is 11. The van der Waals surface area contributed by atoms with Crippen LogP contribution in [0.1, 0.15) is 12.8 Å². The largest absolute Gasteiger partial charge is 0.466 e. The Morgan fingerprint density at radius 3 is 2.48 bits per heavy atom. The van der Waals surface area contributed by atoms with E-state index in [-0.39, 0.29) is 17.9 Å². The van der Waals surface area contributed by atoms with E-state index in [0.717, 1.165) is 0 Å². The highest BCUT2D eigenvalue weighted by Gasteiger charge is 2.44. The molecule has 0 aromatic rings. The summed E-state index contributed by atoms with van der Waals surface area (Å²) in [4.78, 5) is 0. The van der Waals surface area contributed by atoms with Gasteiger partial charge in [0, 0.05) is 6.42 Å². The van der Waals surface area contributed by atoms with E-state index in [0.29, 0.717) is 11.8 Å². The van der Waals surface area contributed by atoms with Crippen LogP contribution in [0.2, 0.25) is 0 Å². The van der Waals surface area contributed by atoms with E-state index in [1.165, 1.54) is 6.08 Å². The van der Waals surface area contributed by atoms with Gasteiger partial charge >= 0.3 is 10.4 Å². The number of thioether (sulfide) groups is 1. The number of ether oxygens (including phenoxy) is 1. The Hall–Kier alpha value is -0.770. The number of rotatable bonds is 8. The minimum absolute atomic E-state index is 0.139. The van der Waals surface area contributed by atoms with Gasteiger partial charge in [-0.2, -0.15) is 8.42 Å². The predicted octanol–water partition coefficient (Wildman–Crippen LogP) is -2.02. The molecule has 11 nitrogen and oxygen atoms in total. The van der Waals surface area contributed by atoms with Crippen molar-refractivity contribution in [1.29, 1.82) is 0 Å². The molecule has 0 radical (unpaired) electrons. The molecule has 0 saturated carbocycles. The first-order valence-electron chi connectivity index (χ1n) is 7.08. The molecule has 0 aromatic heterocycles. The van der Waals surface area contributed by atoms with Crippen LogP contribution in [0, 0.1) is 0 Å². The molecule has 1 aliphatic rings. The molecule has 13 heteroatoms. The second kappa shape index (κ2) is 9.80. The third kappa shape index (κ3) is 7.16. The molecule has 146 valence electrons. The van der Waals surface area contributed by atoms with Gasteiger partial charge in [-0.25, -0.2) is 4.28 Å². The molecule has 0 spiro atoms. The number of nitrogens with zero attached hydrogens (tertiary/aromatic N) is 1. The van der Waals surface area contributed by atoms with E-state index in [1.54, 1.807) is 0 Å². The molecular formula is C12H21NO10S2. The first-order valence-corrected chi connectivity index (χ1v) is 9.32. The predicted molar refractivity (Wildman–Crippen MR) is 86.9 cm³/mol. The van der Waals surface area contributed by atoms with Gasteiger partial charge < -0.3 is 30.3 Å². The maximum Gasteiger partial charge on any atom is 0.466 e. The Morgan fingerprint density at radius 1 is 1.32 bits per heavy atom. The molecule has 1 rings (SSSR count). The van der Waals surface area contributed by atoms with Crippen LogP contribution in [0.15, 0.2) is 17.8 Å². The third-order valence-electron chi connectivity index (χ3n) is 3.18. The molecule has 1 fully saturated rings. The van der Waals surface area contributed by atoms with Gasteiger partial charge in [-0.1, -0.05) is 23.0 Å². The van der Waals surface area contributed by atoms with Crippen molar-refractivity contribution in [2.75, 3.05) is 6.61 Å². The fourth-order valence-corrected chi connectivity index (χ4v) is 3.34. The zero-order valence-electron chi connectivity index (χ0n) is 12.9. The van der Waals surface area contributed by atoms with E-state index < -0.39 is 53.0 Å². The topological polar surface area (TPSA) is 186 Å². The van der Waals surface area contributed by atoms with Gasteiger partial charge in [0.25, 0.3) is 0 Å². The zero-order valence-corrected chi connectivity index (χ0v) is 14.6. The first kappa shape index (κ1) is 22.3. The standard InChI is InChI=1S/C12H21NO10S2/c1-2-3-6(15)4-8(13-23-25(19,20)21)24-12-11(18)10(17)9(16)7(5-14)22-12/h2,6-7,9-12,14-18H,1,3-5H2,(H,19,20,21)/b13-8+/t6-,7+,9+,10-,11+,12-/m0/s1. The summed E-state index contributed by atoms with van der Waals surface area (Å²) in [6, 6.07) is 0. The summed E-state index contributed by atoms with van der Waals surface area (Å²) in [7, 11) is -4.89. The van der Waals surface area contributed by atoms with Crippen molar-refractivity contribution >= 4 is 27.2 Å². The van der Waals surface area contributed by atoms with E-state index in [4.69, 9.17) is 14.4 Å². The van der Waals surface area contributed by atoms with E-state index in [2.05, 4.69) is 16.0 Å². The average molecular weight is 403 g/mol. The van der Waals surface area contributed by atoms with Crippen LogP contribution in [0.3, 0.4) is 0 Å². The van der Waals surface area contributed by atoms with Gasteiger partial charge in [-0.3, -0.25) is 4.55 Å². The first-order chi connectivity index (χ1) is 11.6. The highest BCUT2D eigenvalue weighted by Crippen LogP contribution is 2.30. The smallest absolute Gasteiger partial charge is 0.394 e. The molecule has 0 aliphatic carbocycles. The fraction of sp³-hybridized carbons (Fsp3) is 0.750. The summed E-state index contributed by atoms with van der Waals surface area (Å²) in [6.45, 7) is 2.79. The average Bonchev–Trinajstić information content (AvgIpc) is 2.52. The normalized spacial score (nSPS) is 32.2. The Balaban J connectivity index is 2.92. The van der Waals surface area contributed by atoms with Crippen molar-refractivity contribution in [3.63, 3.8) is 0 Å². The summed E-state index contributed by atoms with van der Waals surface area (Å²) >= 11 is 0.594. The molecule has 6 atom stereocenters. The lowest BCUT2D eigenvalue weighted by Crippen LogP contribution is -2.57. The fourth-order valence-electron chi connectivity index (χ4n) is 1.97. The van der Waals surface area contributed by atoms with Crippen LogP contribution in [0.4, 0.5) is 0 Å². The highest BCUT2D eigenvalue weighted by atomic mass is 32.3. The van der Waals surface area contributed by atoms with Gasteiger partial charge in [0.05, 0.1) is 12.7 Å². The van der Waals surface area contributed by atoms with Gasteiger partial charge in [0.2, 0.25) is 0 Å². The van der Waals surface area contributed by atoms with Crippen molar-refractivity contribution in [3.8, 4) is 0 Å². The molecule has 0 bridgehead atoms. The van der Waals surface area contributed by atoms with Crippen molar-refractivity contribution in [1.82, 2.24) is 0 Å². The van der Waals surface area contributed by atoms with Crippen LogP contribution >= 0.6 is 11.8 Å². The minimum atomic E-state index is -4.89.